The largest absolute Gasteiger partial charge is 0.336 e. The van der Waals surface area contributed by atoms with Gasteiger partial charge in [-0.25, -0.2) is 4.98 Å². The second-order valence-electron chi connectivity index (χ2n) is 4.42. The maximum absolute atomic E-state index is 9.24. The number of nitriles is 1. The van der Waals surface area contributed by atoms with Crippen LogP contribution in [0.4, 0.5) is 0 Å². The van der Waals surface area contributed by atoms with Gasteiger partial charge in [0.2, 0.25) is 0 Å². The molecule has 0 aliphatic heterocycles. The van der Waals surface area contributed by atoms with Crippen LogP contribution in [0.25, 0.3) is 0 Å². The van der Waals surface area contributed by atoms with Gasteiger partial charge in [-0.1, -0.05) is 18.2 Å². The summed E-state index contributed by atoms with van der Waals surface area (Å²) in [5.74, 6) is 0. The van der Waals surface area contributed by atoms with Gasteiger partial charge in [-0.2, -0.15) is 5.26 Å². The van der Waals surface area contributed by atoms with Crippen molar-refractivity contribution < 1.29 is 0 Å². The highest BCUT2D eigenvalue weighted by atomic mass is 15.1. The van der Waals surface area contributed by atoms with Crippen molar-refractivity contribution in [1.82, 2.24) is 14.9 Å². The summed E-state index contributed by atoms with van der Waals surface area (Å²) in [7, 11) is 3.84. The van der Waals surface area contributed by atoms with Crippen LogP contribution in [0.5, 0.6) is 0 Å². The maximum atomic E-state index is 9.24. The first kappa shape index (κ1) is 12.3. The lowest BCUT2D eigenvalue weighted by atomic mass is 9.86. The molecule has 2 aromatic rings. The third kappa shape index (κ3) is 1.79. The molecule has 92 valence electrons. The quantitative estimate of drug-likeness (QED) is 0.889. The molecule has 0 unspecified atom stereocenters. The third-order valence-electron chi connectivity index (χ3n) is 3.42. The van der Waals surface area contributed by atoms with Crippen molar-refractivity contribution >= 4 is 0 Å². The SMILES string of the molecule is CN[C@](C)(c1ccccc1C#N)c1cncn1C. The second kappa shape index (κ2) is 4.63. The van der Waals surface area contributed by atoms with E-state index < -0.39 is 5.54 Å². The fourth-order valence-corrected chi connectivity index (χ4v) is 2.26. The molecule has 1 N–H and O–H groups in total. The third-order valence-corrected chi connectivity index (χ3v) is 3.42. The summed E-state index contributed by atoms with van der Waals surface area (Å²) in [4.78, 5) is 4.16. The van der Waals surface area contributed by atoms with E-state index in [0.717, 1.165) is 11.3 Å². The van der Waals surface area contributed by atoms with E-state index >= 15 is 0 Å². The van der Waals surface area contributed by atoms with Crippen LogP contribution in [0.3, 0.4) is 0 Å². The van der Waals surface area contributed by atoms with E-state index in [0.29, 0.717) is 5.56 Å². The standard InChI is InChI=1S/C14H16N4/c1-14(16-2,13-9-17-10-18(13)3)12-7-5-4-6-11(12)8-15/h4-7,9-10,16H,1-3H3/t14-/m1/s1. The summed E-state index contributed by atoms with van der Waals surface area (Å²) in [6, 6.07) is 9.88. The normalized spacial score (nSPS) is 13.9. The minimum atomic E-state index is -0.433. The zero-order valence-corrected chi connectivity index (χ0v) is 10.8. The van der Waals surface area contributed by atoms with Crippen LogP contribution in [0.1, 0.15) is 23.7 Å². The highest BCUT2D eigenvalue weighted by molar-refractivity contribution is 5.45. The Morgan fingerprint density at radius 1 is 1.39 bits per heavy atom. The molecule has 4 heteroatoms. The molecule has 0 amide bonds. The summed E-state index contributed by atoms with van der Waals surface area (Å²) < 4.78 is 1.96. The molecule has 0 fully saturated rings. The van der Waals surface area contributed by atoms with Gasteiger partial charge in [0.1, 0.15) is 0 Å². The number of hydrogen-bond donors (Lipinski definition) is 1. The van der Waals surface area contributed by atoms with Gasteiger partial charge in [0, 0.05) is 7.05 Å². The van der Waals surface area contributed by atoms with Crippen molar-refractivity contribution in [2.75, 3.05) is 7.05 Å². The molecule has 0 aliphatic rings. The minimum absolute atomic E-state index is 0.433. The van der Waals surface area contributed by atoms with E-state index in [9.17, 15) is 5.26 Å². The Hall–Kier alpha value is -2.12. The van der Waals surface area contributed by atoms with Crippen molar-refractivity contribution in [3.8, 4) is 6.07 Å². The summed E-state index contributed by atoms with van der Waals surface area (Å²) in [5, 5.41) is 12.5. The van der Waals surface area contributed by atoms with Gasteiger partial charge in [-0.15, -0.1) is 0 Å². The molecule has 1 aromatic heterocycles. The van der Waals surface area contributed by atoms with Crippen molar-refractivity contribution in [1.29, 1.82) is 5.26 Å². The Morgan fingerprint density at radius 2 is 2.11 bits per heavy atom. The van der Waals surface area contributed by atoms with Crippen molar-refractivity contribution in [2.24, 2.45) is 7.05 Å². The number of nitrogens with one attached hydrogen (secondary N) is 1. The molecule has 0 saturated heterocycles. The first-order valence-corrected chi connectivity index (χ1v) is 5.79. The maximum Gasteiger partial charge on any atom is 0.0995 e. The van der Waals surface area contributed by atoms with E-state index in [1.165, 1.54) is 0 Å². The second-order valence-corrected chi connectivity index (χ2v) is 4.42. The molecule has 1 heterocycles. The van der Waals surface area contributed by atoms with Crippen LogP contribution < -0.4 is 5.32 Å². The fraction of sp³-hybridized carbons (Fsp3) is 0.286. The predicted octanol–water partition coefficient (Wildman–Crippen LogP) is 1.77. The first-order valence-electron chi connectivity index (χ1n) is 5.79. The van der Waals surface area contributed by atoms with Gasteiger partial charge in [-0.3, -0.25) is 0 Å². The number of rotatable bonds is 3. The van der Waals surface area contributed by atoms with Crippen LogP contribution in [0, 0.1) is 11.3 Å². The lowest BCUT2D eigenvalue weighted by molar-refractivity contribution is 0.454. The van der Waals surface area contributed by atoms with Crippen LogP contribution in [-0.4, -0.2) is 16.6 Å². The molecule has 18 heavy (non-hydrogen) atoms. The molecule has 2 rings (SSSR count). The topological polar surface area (TPSA) is 53.6 Å². The Morgan fingerprint density at radius 3 is 2.67 bits per heavy atom. The van der Waals surface area contributed by atoms with E-state index in [-0.39, 0.29) is 0 Å². The smallest absolute Gasteiger partial charge is 0.0995 e. The lowest BCUT2D eigenvalue weighted by Gasteiger charge is -2.30. The van der Waals surface area contributed by atoms with Crippen molar-refractivity contribution in [2.45, 2.75) is 12.5 Å². The summed E-state index contributed by atoms with van der Waals surface area (Å²) in [5.41, 5.74) is 2.22. The number of benzene rings is 1. The zero-order chi connectivity index (χ0) is 13.2. The Balaban J connectivity index is 2.65. The predicted molar refractivity (Wildman–Crippen MR) is 69.9 cm³/mol. The molecule has 4 nitrogen and oxygen atoms in total. The first-order chi connectivity index (χ1) is 8.63. The van der Waals surface area contributed by atoms with Gasteiger partial charge in [0.05, 0.1) is 35.4 Å². The number of aryl methyl sites for hydroxylation is 1. The molecule has 0 aliphatic carbocycles. The van der Waals surface area contributed by atoms with Gasteiger partial charge in [0.15, 0.2) is 0 Å². The molecule has 1 aromatic carbocycles. The van der Waals surface area contributed by atoms with Gasteiger partial charge < -0.3 is 9.88 Å². The van der Waals surface area contributed by atoms with Crippen LogP contribution in [0.15, 0.2) is 36.8 Å². The van der Waals surface area contributed by atoms with Crippen molar-refractivity contribution in [3.05, 3.63) is 53.6 Å². The van der Waals surface area contributed by atoms with Gasteiger partial charge in [-0.05, 0) is 25.6 Å². The summed E-state index contributed by atoms with van der Waals surface area (Å²) in [6.45, 7) is 2.06. The van der Waals surface area contributed by atoms with E-state index in [4.69, 9.17) is 0 Å². The van der Waals surface area contributed by atoms with Gasteiger partial charge in [0.25, 0.3) is 0 Å². The van der Waals surface area contributed by atoms with Crippen molar-refractivity contribution in [3.63, 3.8) is 0 Å². The Labute approximate surface area is 107 Å². The number of hydrogen-bond acceptors (Lipinski definition) is 3. The average molecular weight is 240 g/mol. The highest BCUT2D eigenvalue weighted by Crippen LogP contribution is 2.30. The zero-order valence-electron chi connectivity index (χ0n) is 10.8. The number of aromatic nitrogens is 2. The summed E-state index contributed by atoms with van der Waals surface area (Å²) >= 11 is 0. The number of imidazole rings is 1. The number of nitrogens with zero attached hydrogens (tertiary/aromatic N) is 3. The van der Waals surface area contributed by atoms with Crippen LogP contribution in [0.2, 0.25) is 0 Å². The average Bonchev–Trinajstić information content (AvgIpc) is 2.84. The van der Waals surface area contributed by atoms with Crippen LogP contribution in [-0.2, 0) is 12.6 Å². The van der Waals surface area contributed by atoms with Gasteiger partial charge >= 0.3 is 0 Å². The molecule has 0 radical (unpaired) electrons. The molecular formula is C14H16N4. The highest BCUT2D eigenvalue weighted by Gasteiger charge is 2.31. The van der Waals surface area contributed by atoms with E-state index in [1.54, 1.807) is 6.33 Å². The lowest BCUT2D eigenvalue weighted by Crippen LogP contribution is -2.40. The molecule has 0 spiro atoms. The molecule has 1 atom stereocenters. The van der Waals surface area contributed by atoms with E-state index in [2.05, 4.69) is 23.3 Å². The Kier molecular flexibility index (Phi) is 3.17. The fourth-order valence-electron chi connectivity index (χ4n) is 2.26. The van der Waals surface area contributed by atoms with Crippen LogP contribution >= 0.6 is 0 Å². The van der Waals surface area contributed by atoms with E-state index in [1.807, 2.05) is 49.1 Å². The molecular weight excluding hydrogens is 224 g/mol. The monoisotopic (exact) mass is 240 g/mol. The Bertz CT molecular complexity index is 594. The molecule has 0 saturated carbocycles. The summed E-state index contributed by atoms with van der Waals surface area (Å²) in [6.07, 6.45) is 3.59. The molecule has 0 bridgehead atoms. The minimum Gasteiger partial charge on any atom is -0.336 e.